The van der Waals surface area contributed by atoms with Gasteiger partial charge in [0.05, 0.1) is 5.69 Å². The third kappa shape index (κ3) is 2.93. The summed E-state index contributed by atoms with van der Waals surface area (Å²) in [5.41, 5.74) is 3.35. The first-order valence-corrected chi connectivity index (χ1v) is 4.42. The molecule has 0 saturated carbocycles. The van der Waals surface area contributed by atoms with Crippen LogP contribution in [0.25, 0.3) is 0 Å². The Labute approximate surface area is 92.6 Å². The first kappa shape index (κ1) is 11.4. The van der Waals surface area contributed by atoms with Crippen molar-refractivity contribution in [2.24, 2.45) is 5.10 Å². The van der Waals surface area contributed by atoms with Gasteiger partial charge in [0.2, 0.25) is 5.71 Å². The fraction of sp³-hybridized carbons (Fsp3) is 0.0909. The lowest BCUT2D eigenvalue weighted by Crippen LogP contribution is -1.98. The molecule has 16 heavy (non-hydrogen) atoms. The molecule has 1 N–H and O–H groups in total. The second-order valence-electron chi connectivity index (χ2n) is 2.93. The Bertz CT molecular complexity index is 504. The first-order chi connectivity index (χ1) is 7.67. The summed E-state index contributed by atoms with van der Waals surface area (Å²) >= 11 is 0. The third-order valence-corrected chi connectivity index (χ3v) is 1.78. The number of Topliss-reactive ketones (excluding diaryl/α,β-unsaturated/α-hetero) is 1. The van der Waals surface area contributed by atoms with Gasteiger partial charge >= 0.3 is 0 Å². The number of hydrogen-bond donors (Lipinski definition) is 1. The van der Waals surface area contributed by atoms with E-state index < -0.39 is 0 Å². The summed E-state index contributed by atoms with van der Waals surface area (Å²) in [6.07, 6.45) is 0. The molecule has 0 heterocycles. The maximum atomic E-state index is 11.1. The maximum Gasteiger partial charge on any atom is 0.237 e. The van der Waals surface area contributed by atoms with Crippen LogP contribution in [-0.2, 0) is 0 Å². The second-order valence-corrected chi connectivity index (χ2v) is 2.93. The van der Waals surface area contributed by atoms with E-state index in [4.69, 9.17) is 10.5 Å². The molecule has 0 aliphatic heterocycles. The lowest BCUT2D eigenvalue weighted by Gasteiger charge is -2.01. The predicted molar refractivity (Wildman–Crippen MR) is 58.7 cm³/mol. The van der Waals surface area contributed by atoms with Crippen molar-refractivity contribution in [3.05, 3.63) is 29.8 Å². The van der Waals surface area contributed by atoms with Crippen LogP contribution in [0, 0.1) is 22.7 Å². The molecule has 0 fully saturated rings. The summed E-state index contributed by atoms with van der Waals surface area (Å²) in [4.78, 5) is 11.1. The zero-order chi connectivity index (χ0) is 12.0. The highest BCUT2D eigenvalue weighted by atomic mass is 16.1. The lowest BCUT2D eigenvalue weighted by molar-refractivity contribution is 0.101. The molecule has 0 saturated heterocycles. The summed E-state index contributed by atoms with van der Waals surface area (Å²) in [7, 11) is 0. The van der Waals surface area contributed by atoms with Crippen molar-refractivity contribution in [1.82, 2.24) is 0 Å². The molecule has 1 rings (SSSR count). The van der Waals surface area contributed by atoms with E-state index in [-0.39, 0.29) is 11.5 Å². The number of nitrogens with one attached hydrogen (secondary N) is 1. The molecule has 0 spiro atoms. The summed E-state index contributed by atoms with van der Waals surface area (Å²) in [5, 5.41) is 20.5. The molecule has 5 heteroatoms. The Morgan fingerprint density at radius 1 is 1.38 bits per heavy atom. The Kier molecular flexibility index (Phi) is 3.77. The quantitative estimate of drug-likeness (QED) is 0.469. The Morgan fingerprint density at radius 3 is 2.62 bits per heavy atom. The number of nitriles is 2. The molecular weight excluding hydrogens is 204 g/mol. The summed E-state index contributed by atoms with van der Waals surface area (Å²) < 4.78 is 0. The number of hydrogen-bond acceptors (Lipinski definition) is 5. The average Bonchev–Trinajstić information content (AvgIpc) is 2.31. The average molecular weight is 212 g/mol. The lowest BCUT2D eigenvalue weighted by atomic mass is 10.1. The molecule has 0 unspecified atom stereocenters. The van der Waals surface area contributed by atoms with E-state index >= 15 is 0 Å². The van der Waals surface area contributed by atoms with Crippen molar-refractivity contribution in [3.63, 3.8) is 0 Å². The van der Waals surface area contributed by atoms with Gasteiger partial charge in [0.25, 0.3) is 0 Å². The maximum absolute atomic E-state index is 11.1. The number of rotatable bonds is 3. The molecule has 5 nitrogen and oxygen atoms in total. The zero-order valence-corrected chi connectivity index (χ0v) is 8.56. The highest BCUT2D eigenvalue weighted by Crippen LogP contribution is 2.10. The monoisotopic (exact) mass is 212 g/mol. The van der Waals surface area contributed by atoms with Crippen LogP contribution in [0.2, 0.25) is 0 Å². The van der Waals surface area contributed by atoms with Crippen LogP contribution in [0.4, 0.5) is 5.69 Å². The van der Waals surface area contributed by atoms with Crippen molar-refractivity contribution in [1.29, 1.82) is 10.5 Å². The van der Waals surface area contributed by atoms with E-state index in [1.165, 1.54) is 6.92 Å². The Hall–Kier alpha value is -2.66. The minimum Gasteiger partial charge on any atom is -0.295 e. The molecule has 0 atom stereocenters. The van der Waals surface area contributed by atoms with Crippen LogP contribution >= 0.6 is 0 Å². The van der Waals surface area contributed by atoms with Gasteiger partial charge in [-0.2, -0.15) is 15.6 Å². The van der Waals surface area contributed by atoms with Gasteiger partial charge < -0.3 is 0 Å². The molecule has 0 aliphatic carbocycles. The Morgan fingerprint density at radius 2 is 2.06 bits per heavy atom. The third-order valence-electron chi connectivity index (χ3n) is 1.78. The van der Waals surface area contributed by atoms with Crippen LogP contribution in [0.15, 0.2) is 29.4 Å². The van der Waals surface area contributed by atoms with Crippen LogP contribution in [0.5, 0.6) is 0 Å². The highest BCUT2D eigenvalue weighted by molar-refractivity contribution is 6.10. The fourth-order valence-electron chi connectivity index (χ4n) is 1.00. The van der Waals surface area contributed by atoms with E-state index in [1.807, 2.05) is 0 Å². The number of anilines is 1. The normalized spacial score (nSPS) is 8.44. The molecule has 0 aliphatic rings. The van der Waals surface area contributed by atoms with Crippen LogP contribution in [0.3, 0.4) is 0 Å². The van der Waals surface area contributed by atoms with Crippen LogP contribution in [-0.4, -0.2) is 11.5 Å². The Balaban J connectivity index is 2.88. The second kappa shape index (κ2) is 5.28. The van der Waals surface area contributed by atoms with Gasteiger partial charge in [-0.25, -0.2) is 0 Å². The van der Waals surface area contributed by atoms with Crippen molar-refractivity contribution >= 4 is 17.2 Å². The molecule has 1 aromatic rings. The number of carbonyl (C=O) groups excluding carboxylic acids is 1. The predicted octanol–water partition coefficient (Wildman–Crippen LogP) is 1.70. The zero-order valence-electron chi connectivity index (χ0n) is 8.56. The van der Waals surface area contributed by atoms with E-state index in [1.54, 1.807) is 36.4 Å². The van der Waals surface area contributed by atoms with E-state index in [2.05, 4.69) is 10.5 Å². The number of hydrazone groups is 1. The number of carbonyl (C=O) groups is 1. The molecule has 0 bridgehead atoms. The van der Waals surface area contributed by atoms with Crippen molar-refractivity contribution < 1.29 is 4.79 Å². The summed E-state index contributed by atoms with van der Waals surface area (Å²) in [6, 6.07) is 9.88. The fourth-order valence-corrected chi connectivity index (χ4v) is 1.00. The van der Waals surface area contributed by atoms with E-state index in [0.29, 0.717) is 11.3 Å². The van der Waals surface area contributed by atoms with Crippen molar-refractivity contribution in [2.75, 3.05) is 5.43 Å². The van der Waals surface area contributed by atoms with Gasteiger partial charge in [-0.05, 0) is 19.1 Å². The minimum atomic E-state index is -0.270. The molecule has 0 amide bonds. The van der Waals surface area contributed by atoms with Crippen LogP contribution in [0.1, 0.15) is 17.3 Å². The van der Waals surface area contributed by atoms with Gasteiger partial charge in [0.15, 0.2) is 5.78 Å². The van der Waals surface area contributed by atoms with Gasteiger partial charge in [-0.3, -0.25) is 10.2 Å². The SMILES string of the molecule is CC(=O)c1cccc(NN=C(C#N)C#N)c1. The van der Waals surface area contributed by atoms with Crippen LogP contribution < -0.4 is 5.43 Å². The van der Waals surface area contributed by atoms with Crippen molar-refractivity contribution in [2.45, 2.75) is 6.92 Å². The van der Waals surface area contributed by atoms with Gasteiger partial charge in [-0.1, -0.05) is 12.1 Å². The number of nitrogens with zero attached hydrogens (tertiary/aromatic N) is 3. The van der Waals surface area contributed by atoms with Crippen molar-refractivity contribution in [3.8, 4) is 12.1 Å². The highest BCUT2D eigenvalue weighted by Gasteiger charge is 2.00. The molecule has 0 aromatic heterocycles. The van der Waals surface area contributed by atoms with E-state index in [9.17, 15) is 4.79 Å². The smallest absolute Gasteiger partial charge is 0.237 e. The van der Waals surface area contributed by atoms with Gasteiger partial charge in [0.1, 0.15) is 12.1 Å². The van der Waals surface area contributed by atoms with Gasteiger partial charge in [0, 0.05) is 5.56 Å². The largest absolute Gasteiger partial charge is 0.295 e. The van der Waals surface area contributed by atoms with E-state index in [0.717, 1.165) is 0 Å². The topological polar surface area (TPSA) is 89.0 Å². The summed E-state index contributed by atoms with van der Waals surface area (Å²) in [6.45, 7) is 1.46. The molecular formula is C11H8N4O. The number of ketones is 1. The molecule has 1 aromatic carbocycles. The molecule has 0 radical (unpaired) electrons. The first-order valence-electron chi connectivity index (χ1n) is 4.42. The standard InChI is InChI=1S/C11H8N4O/c1-8(16)9-3-2-4-10(5-9)14-15-11(6-12)7-13/h2-5,14H,1H3. The minimum absolute atomic E-state index is 0.0616. The summed E-state index contributed by atoms with van der Waals surface area (Å²) in [5.74, 6) is -0.0616. The molecule has 78 valence electrons. The van der Waals surface area contributed by atoms with Gasteiger partial charge in [-0.15, -0.1) is 0 Å². The number of benzene rings is 1.